The summed E-state index contributed by atoms with van der Waals surface area (Å²) >= 11 is 0. The molecule has 4 unspecified atom stereocenters. The number of hydrogen-bond donors (Lipinski definition) is 1. The van der Waals surface area contributed by atoms with Gasteiger partial charge in [0, 0.05) is 19.1 Å². The van der Waals surface area contributed by atoms with Crippen LogP contribution in [0.4, 0.5) is 0 Å². The van der Waals surface area contributed by atoms with Gasteiger partial charge in [-0.25, -0.2) is 0 Å². The molecular weight excluding hydrogens is 408 g/mol. The molecule has 4 rings (SSSR count). The molecule has 0 heterocycles. The monoisotopic (exact) mass is 442 g/mol. The standard InChI is InChI=1S/C29H34N2O2/c1-22-18-27(19-28(22)29(32)33-30-23(2)26-16-10-5-11-17-26)31(20-24-12-6-3-7-13-24)21-25-14-8-4-9-15-25/h3-17,22-23,27-28,30H,18-21H2,1-2H3. The Bertz CT molecular complexity index is 952. The van der Waals surface area contributed by atoms with Crippen LogP contribution in [-0.4, -0.2) is 16.9 Å². The molecule has 0 aromatic heterocycles. The minimum atomic E-state index is -0.146. The predicted molar refractivity (Wildman–Crippen MR) is 132 cm³/mol. The van der Waals surface area contributed by atoms with Crippen molar-refractivity contribution < 1.29 is 9.63 Å². The lowest BCUT2D eigenvalue weighted by Crippen LogP contribution is -2.33. The van der Waals surface area contributed by atoms with Crippen LogP contribution in [0.3, 0.4) is 0 Å². The van der Waals surface area contributed by atoms with Crippen molar-refractivity contribution in [2.45, 2.75) is 51.9 Å². The van der Waals surface area contributed by atoms with Crippen LogP contribution in [0, 0.1) is 11.8 Å². The van der Waals surface area contributed by atoms with Gasteiger partial charge < -0.3 is 4.84 Å². The largest absolute Gasteiger partial charge is 0.370 e. The Hall–Kier alpha value is -2.95. The van der Waals surface area contributed by atoms with E-state index in [1.54, 1.807) is 0 Å². The predicted octanol–water partition coefficient (Wildman–Crippen LogP) is 5.91. The minimum Gasteiger partial charge on any atom is -0.370 e. The van der Waals surface area contributed by atoms with Crippen molar-refractivity contribution in [3.63, 3.8) is 0 Å². The molecule has 1 aliphatic carbocycles. The second-order valence-electron chi connectivity index (χ2n) is 9.26. The molecule has 172 valence electrons. The van der Waals surface area contributed by atoms with E-state index in [0.717, 1.165) is 31.5 Å². The van der Waals surface area contributed by atoms with Gasteiger partial charge in [0.1, 0.15) is 0 Å². The first kappa shape index (κ1) is 23.2. The molecule has 4 atom stereocenters. The summed E-state index contributed by atoms with van der Waals surface area (Å²) in [5, 5.41) is 0. The van der Waals surface area contributed by atoms with Crippen LogP contribution in [0.5, 0.6) is 0 Å². The summed E-state index contributed by atoms with van der Waals surface area (Å²) in [5.74, 6) is 0.0389. The zero-order chi connectivity index (χ0) is 23.0. The number of rotatable bonds is 9. The Morgan fingerprint density at radius 1 is 0.879 bits per heavy atom. The van der Waals surface area contributed by atoms with E-state index < -0.39 is 0 Å². The van der Waals surface area contributed by atoms with Gasteiger partial charge >= 0.3 is 5.97 Å². The maximum atomic E-state index is 13.0. The Morgan fingerprint density at radius 3 is 1.94 bits per heavy atom. The van der Waals surface area contributed by atoms with E-state index in [9.17, 15) is 4.79 Å². The average molecular weight is 443 g/mol. The molecule has 0 aliphatic heterocycles. The lowest BCUT2D eigenvalue weighted by atomic mass is 9.99. The van der Waals surface area contributed by atoms with Gasteiger partial charge in [0.05, 0.1) is 12.0 Å². The van der Waals surface area contributed by atoms with Crippen LogP contribution in [0.2, 0.25) is 0 Å². The van der Waals surface area contributed by atoms with Gasteiger partial charge in [-0.3, -0.25) is 9.69 Å². The summed E-state index contributed by atoms with van der Waals surface area (Å²) in [4.78, 5) is 21.1. The highest BCUT2D eigenvalue weighted by Crippen LogP contribution is 2.36. The number of benzene rings is 3. The topological polar surface area (TPSA) is 41.6 Å². The third-order valence-corrected chi connectivity index (χ3v) is 6.77. The summed E-state index contributed by atoms with van der Waals surface area (Å²) in [6, 6.07) is 31.5. The van der Waals surface area contributed by atoms with E-state index in [4.69, 9.17) is 4.84 Å². The number of nitrogens with one attached hydrogen (secondary N) is 1. The lowest BCUT2D eigenvalue weighted by molar-refractivity contribution is -0.159. The van der Waals surface area contributed by atoms with Crippen molar-refractivity contribution in [1.82, 2.24) is 10.4 Å². The van der Waals surface area contributed by atoms with Gasteiger partial charge in [0.15, 0.2) is 0 Å². The van der Waals surface area contributed by atoms with Crippen molar-refractivity contribution in [3.8, 4) is 0 Å². The fourth-order valence-corrected chi connectivity index (χ4v) is 4.82. The second kappa shape index (κ2) is 11.3. The molecule has 3 aromatic rings. The highest BCUT2D eigenvalue weighted by molar-refractivity contribution is 5.73. The van der Waals surface area contributed by atoms with E-state index in [1.165, 1.54) is 11.1 Å². The van der Waals surface area contributed by atoms with Crippen LogP contribution in [0.25, 0.3) is 0 Å². The molecule has 0 spiro atoms. The number of hydroxylamine groups is 1. The van der Waals surface area contributed by atoms with E-state index in [-0.39, 0.29) is 23.8 Å². The van der Waals surface area contributed by atoms with Crippen molar-refractivity contribution >= 4 is 5.97 Å². The smallest absolute Gasteiger partial charge is 0.328 e. The summed E-state index contributed by atoms with van der Waals surface area (Å²) in [6.07, 6.45) is 1.81. The molecule has 3 aromatic carbocycles. The molecule has 1 fully saturated rings. The highest BCUT2D eigenvalue weighted by Gasteiger charge is 2.40. The number of nitrogens with zero attached hydrogens (tertiary/aromatic N) is 1. The van der Waals surface area contributed by atoms with Gasteiger partial charge in [-0.1, -0.05) is 97.9 Å². The Morgan fingerprint density at radius 2 is 1.39 bits per heavy atom. The second-order valence-corrected chi connectivity index (χ2v) is 9.26. The zero-order valence-electron chi connectivity index (χ0n) is 19.6. The molecule has 0 saturated heterocycles. The van der Waals surface area contributed by atoms with Gasteiger partial charge in [0.2, 0.25) is 0 Å². The molecular formula is C29H34N2O2. The molecule has 1 aliphatic rings. The molecule has 4 nitrogen and oxygen atoms in total. The van der Waals surface area contributed by atoms with Crippen molar-refractivity contribution in [1.29, 1.82) is 0 Å². The maximum Gasteiger partial charge on any atom is 0.328 e. The Labute approximate surface area is 197 Å². The first-order valence-electron chi connectivity index (χ1n) is 11.9. The van der Waals surface area contributed by atoms with E-state index in [0.29, 0.717) is 6.04 Å². The van der Waals surface area contributed by atoms with Gasteiger partial charge in [0.25, 0.3) is 0 Å². The van der Waals surface area contributed by atoms with Gasteiger partial charge in [-0.15, -0.1) is 5.48 Å². The zero-order valence-corrected chi connectivity index (χ0v) is 19.6. The first-order valence-corrected chi connectivity index (χ1v) is 11.9. The molecule has 1 N–H and O–H groups in total. The van der Waals surface area contributed by atoms with E-state index in [2.05, 4.69) is 78.0 Å². The minimum absolute atomic E-state index is 0.0460. The van der Waals surface area contributed by atoms with Crippen LogP contribution in [0.15, 0.2) is 91.0 Å². The summed E-state index contributed by atoms with van der Waals surface area (Å²) in [5.41, 5.74) is 6.65. The van der Waals surface area contributed by atoms with Crippen molar-refractivity contribution in [2.24, 2.45) is 11.8 Å². The number of hydrogen-bond acceptors (Lipinski definition) is 4. The quantitative estimate of drug-likeness (QED) is 0.418. The normalized spacial score (nSPS) is 21.1. The SMILES string of the molecule is CC(NOC(=O)C1CC(N(Cc2ccccc2)Cc2ccccc2)CC1C)c1ccccc1. The van der Waals surface area contributed by atoms with Crippen LogP contribution in [0.1, 0.15) is 49.4 Å². The fourth-order valence-electron chi connectivity index (χ4n) is 4.82. The molecule has 0 bridgehead atoms. The molecule has 1 saturated carbocycles. The molecule has 0 radical (unpaired) electrons. The Balaban J connectivity index is 1.40. The first-order chi connectivity index (χ1) is 16.1. The summed E-state index contributed by atoms with van der Waals surface area (Å²) < 4.78 is 0. The van der Waals surface area contributed by atoms with Gasteiger partial charge in [-0.05, 0) is 42.4 Å². The van der Waals surface area contributed by atoms with Gasteiger partial charge in [-0.2, -0.15) is 0 Å². The number of carbonyl (C=O) groups is 1. The maximum absolute atomic E-state index is 13.0. The van der Waals surface area contributed by atoms with Crippen LogP contribution >= 0.6 is 0 Å². The Kier molecular flexibility index (Phi) is 7.92. The average Bonchev–Trinajstić information content (AvgIpc) is 3.25. The van der Waals surface area contributed by atoms with Crippen molar-refractivity contribution in [3.05, 3.63) is 108 Å². The molecule has 33 heavy (non-hydrogen) atoms. The van der Waals surface area contributed by atoms with E-state index in [1.807, 2.05) is 37.3 Å². The molecule has 4 heteroatoms. The third-order valence-electron chi connectivity index (χ3n) is 6.77. The summed E-state index contributed by atoms with van der Waals surface area (Å²) in [7, 11) is 0. The lowest BCUT2D eigenvalue weighted by Gasteiger charge is -2.29. The fraction of sp³-hybridized carbons (Fsp3) is 0.345. The summed E-state index contributed by atoms with van der Waals surface area (Å²) in [6.45, 7) is 5.93. The van der Waals surface area contributed by atoms with E-state index >= 15 is 0 Å². The van der Waals surface area contributed by atoms with Crippen LogP contribution < -0.4 is 5.48 Å². The molecule has 0 amide bonds. The highest BCUT2D eigenvalue weighted by atomic mass is 16.7. The van der Waals surface area contributed by atoms with Crippen molar-refractivity contribution in [2.75, 3.05) is 0 Å². The third kappa shape index (κ3) is 6.31. The number of carbonyl (C=O) groups excluding carboxylic acids is 1. The van der Waals surface area contributed by atoms with Crippen LogP contribution in [-0.2, 0) is 22.7 Å².